The van der Waals surface area contributed by atoms with E-state index in [-0.39, 0.29) is 15.6 Å². The molecule has 2 radical (unpaired) electrons. The van der Waals surface area contributed by atoms with Crippen molar-refractivity contribution < 1.29 is 22.7 Å². The molecule has 0 saturated heterocycles. The summed E-state index contributed by atoms with van der Waals surface area (Å²) in [6.07, 6.45) is 0.840. The monoisotopic (exact) mass is 551 g/mol. The van der Waals surface area contributed by atoms with Gasteiger partial charge in [0.1, 0.15) is 19.3 Å². The number of ether oxygens (including phenoxy) is 2. The van der Waals surface area contributed by atoms with Gasteiger partial charge in [0, 0.05) is 11.4 Å². The summed E-state index contributed by atoms with van der Waals surface area (Å²) in [6.45, 7) is 7.03. The van der Waals surface area contributed by atoms with E-state index in [2.05, 4.69) is 29.2 Å². The van der Waals surface area contributed by atoms with Crippen LogP contribution >= 0.6 is 12.2 Å². The van der Waals surface area contributed by atoms with Crippen LogP contribution in [0.2, 0.25) is 0 Å². The number of hydrogen-bond acceptors (Lipinski definition) is 6. The minimum atomic E-state index is -3.81. The average molecular weight is 551 g/mol. The van der Waals surface area contributed by atoms with Crippen LogP contribution in [0.1, 0.15) is 37.6 Å². The van der Waals surface area contributed by atoms with Crippen LogP contribution < -0.4 is 30.3 Å². The Bertz CT molecular complexity index is 1360. The number of anilines is 2. The van der Waals surface area contributed by atoms with Gasteiger partial charge in [0.05, 0.1) is 23.7 Å². The van der Waals surface area contributed by atoms with Crippen LogP contribution in [0.4, 0.5) is 11.4 Å². The highest BCUT2D eigenvalue weighted by molar-refractivity contribution is 7.92. The first kappa shape index (κ1) is 29.0. The van der Waals surface area contributed by atoms with Gasteiger partial charge in [-0.1, -0.05) is 31.4 Å². The van der Waals surface area contributed by atoms with Gasteiger partial charge in [-0.2, -0.15) is 0 Å². The molecule has 0 fully saturated rings. The molecule has 8 nitrogen and oxygen atoms in total. The molecule has 3 N–H and O–H groups in total. The Labute approximate surface area is 230 Å². The van der Waals surface area contributed by atoms with Crippen molar-refractivity contribution in [1.29, 1.82) is 0 Å². The first-order chi connectivity index (χ1) is 18.1. The molecule has 3 aromatic rings. The van der Waals surface area contributed by atoms with Crippen molar-refractivity contribution in [3.05, 3.63) is 72.3 Å². The molecule has 0 atom stereocenters. The Morgan fingerprint density at radius 1 is 0.974 bits per heavy atom. The van der Waals surface area contributed by atoms with Gasteiger partial charge in [-0.3, -0.25) is 14.8 Å². The van der Waals surface area contributed by atoms with Crippen molar-refractivity contribution in [1.82, 2.24) is 5.32 Å². The molecule has 0 spiro atoms. The van der Waals surface area contributed by atoms with Crippen molar-refractivity contribution in [2.45, 2.75) is 32.1 Å². The second-order valence-corrected chi connectivity index (χ2v) is 10.9. The molecule has 11 heteroatoms. The number of carbonyl (C=O) groups excluding carboxylic acids is 1. The number of amides is 1. The van der Waals surface area contributed by atoms with Crippen molar-refractivity contribution >= 4 is 57.9 Å². The Morgan fingerprint density at radius 2 is 1.63 bits per heavy atom. The van der Waals surface area contributed by atoms with Gasteiger partial charge in [-0.15, -0.1) is 0 Å². The zero-order valence-electron chi connectivity index (χ0n) is 21.5. The molecular weight excluding hydrogens is 521 g/mol. The molecule has 1 amide bonds. The molecule has 3 aromatic carbocycles. The number of sulfonamides is 1. The zero-order chi connectivity index (χ0) is 27.7. The summed E-state index contributed by atoms with van der Waals surface area (Å²) in [5.74, 6) is 1.05. The lowest BCUT2D eigenvalue weighted by atomic mass is 9.94. The minimum Gasteiger partial charge on any atom is -0.494 e. The second kappa shape index (κ2) is 13.3. The van der Waals surface area contributed by atoms with Crippen LogP contribution in [0.15, 0.2) is 71.6 Å². The van der Waals surface area contributed by atoms with Crippen LogP contribution in [-0.4, -0.2) is 40.5 Å². The Morgan fingerprint density at radius 3 is 2.26 bits per heavy atom. The Balaban J connectivity index is 1.61. The molecule has 0 aromatic heterocycles. The smallest absolute Gasteiger partial charge is 0.261 e. The van der Waals surface area contributed by atoms with E-state index in [1.165, 1.54) is 18.2 Å². The summed E-state index contributed by atoms with van der Waals surface area (Å²) >= 11 is 5.28. The van der Waals surface area contributed by atoms with Crippen molar-refractivity contribution in [2.24, 2.45) is 5.92 Å². The first-order valence-electron chi connectivity index (χ1n) is 12.1. The summed E-state index contributed by atoms with van der Waals surface area (Å²) in [6, 6.07) is 17.4. The van der Waals surface area contributed by atoms with E-state index < -0.39 is 15.9 Å². The molecule has 0 aliphatic heterocycles. The predicted molar refractivity (Wildman–Crippen MR) is 155 cm³/mol. The fourth-order valence-electron chi connectivity index (χ4n) is 3.31. The molecule has 0 aliphatic carbocycles. The second-order valence-electron chi connectivity index (χ2n) is 8.78. The lowest BCUT2D eigenvalue weighted by Crippen LogP contribution is -2.34. The van der Waals surface area contributed by atoms with Gasteiger partial charge in [-0.05, 0) is 86.1 Å². The fraction of sp³-hybridized carbons (Fsp3) is 0.259. The molecule has 3 rings (SSSR count). The van der Waals surface area contributed by atoms with Crippen LogP contribution in [0, 0.1) is 5.92 Å². The Kier molecular flexibility index (Phi) is 10.1. The van der Waals surface area contributed by atoms with E-state index in [4.69, 9.17) is 29.5 Å². The average Bonchev–Trinajstić information content (AvgIpc) is 2.86. The van der Waals surface area contributed by atoms with E-state index in [1.54, 1.807) is 48.5 Å². The van der Waals surface area contributed by atoms with Gasteiger partial charge in [-0.25, -0.2) is 8.42 Å². The highest BCUT2D eigenvalue weighted by Gasteiger charge is 2.16. The van der Waals surface area contributed by atoms with Crippen LogP contribution in [0.3, 0.4) is 0 Å². The number of nitrogens with one attached hydrogen (secondary N) is 3. The molecule has 0 bridgehead atoms. The van der Waals surface area contributed by atoms with Crippen molar-refractivity contribution in [3.63, 3.8) is 0 Å². The third kappa shape index (κ3) is 8.49. The number of hydrogen-bond donors (Lipinski definition) is 3. The highest BCUT2D eigenvalue weighted by Crippen LogP contribution is 2.21. The first-order valence-corrected chi connectivity index (χ1v) is 14.0. The van der Waals surface area contributed by atoms with Crippen molar-refractivity contribution in [2.75, 3.05) is 23.3 Å². The van der Waals surface area contributed by atoms with E-state index in [0.717, 1.165) is 6.42 Å². The standard InChI is InChI=1S/C27H30BN3O5S2/c1-4-35-22-10-6-21(7-11-22)31-38(33,34)23-12-8-20(9-13-23)29-27(37)30-26(32)24-17-19(28)5-14-25(24)36-16-15-18(2)3/h5-14,17-18,31H,4,15-16H2,1-3H3,(H2,29,30,32,37). The maximum atomic E-state index is 12.9. The number of rotatable bonds is 11. The van der Waals surface area contributed by atoms with E-state index >= 15 is 0 Å². The topological polar surface area (TPSA) is 106 Å². The van der Waals surface area contributed by atoms with Gasteiger partial charge < -0.3 is 14.8 Å². The normalized spacial score (nSPS) is 11.1. The van der Waals surface area contributed by atoms with Gasteiger partial charge >= 0.3 is 0 Å². The van der Waals surface area contributed by atoms with E-state index in [9.17, 15) is 13.2 Å². The molecule has 198 valence electrons. The summed E-state index contributed by atoms with van der Waals surface area (Å²) in [5, 5.41) is 5.52. The summed E-state index contributed by atoms with van der Waals surface area (Å²) in [5.41, 5.74) is 1.59. The lowest BCUT2D eigenvalue weighted by Gasteiger charge is -2.15. The van der Waals surface area contributed by atoms with E-state index in [0.29, 0.717) is 47.5 Å². The molecule has 38 heavy (non-hydrogen) atoms. The minimum absolute atomic E-state index is 0.0358. The molecular formula is C27H30BN3O5S2. The predicted octanol–water partition coefficient (Wildman–Crippen LogP) is 4.23. The molecule has 0 unspecified atom stereocenters. The SMILES string of the molecule is [B]c1ccc(OCCC(C)C)c(C(=O)NC(=S)Nc2ccc(S(=O)(=O)Nc3ccc(OCC)cc3)cc2)c1. The quantitative estimate of drug-likeness (QED) is 0.242. The largest absolute Gasteiger partial charge is 0.494 e. The van der Waals surface area contributed by atoms with E-state index in [1.807, 2.05) is 6.92 Å². The molecule has 0 saturated carbocycles. The van der Waals surface area contributed by atoms with Gasteiger partial charge in [0.15, 0.2) is 5.11 Å². The zero-order valence-corrected chi connectivity index (χ0v) is 23.1. The molecule has 0 aliphatic rings. The van der Waals surface area contributed by atoms with Gasteiger partial charge in [0.2, 0.25) is 0 Å². The summed E-state index contributed by atoms with van der Waals surface area (Å²) in [4.78, 5) is 12.9. The van der Waals surface area contributed by atoms with Gasteiger partial charge in [0.25, 0.3) is 15.9 Å². The van der Waals surface area contributed by atoms with Crippen LogP contribution in [0.25, 0.3) is 0 Å². The summed E-state index contributed by atoms with van der Waals surface area (Å²) in [7, 11) is 2.06. The number of carbonyl (C=O) groups is 1. The van der Waals surface area contributed by atoms with Crippen molar-refractivity contribution in [3.8, 4) is 11.5 Å². The number of benzene rings is 3. The third-order valence-electron chi connectivity index (χ3n) is 5.27. The lowest BCUT2D eigenvalue weighted by molar-refractivity contribution is 0.0973. The summed E-state index contributed by atoms with van der Waals surface area (Å²) < 4.78 is 39.2. The highest BCUT2D eigenvalue weighted by atomic mass is 32.2. The molecule has 0 heterocycles. The maximum Gasteiger partial charge on any atom is 0.261 e. The maximum absolute atomic E-state index is 12.9. The Hall–Kier alpha value is -3.57. The van der Waals surface area contributed by atoms with Crippen LogP contribution in [0.5, 0.6) is 11.5 Å². The van der Waals surface area contributed by atoms with Crippen LogP contribution in [-0.2, 0) is 10.0 Å². The number of thiocarbonyl (C=S) groups is 1. The fourth-order valence-corrected chi connectivity index (χ4v) is 4.57. The third-order valence-corrected chi connectivity index (χ3v) is 6.87.